The van der Waals surface area contributed by atoms with Crippen LogP contribution in [-0.4, -0.2) is 62.9 Å². The van der Waals surface area contributed by atoms with Crippen LogP contribution < -0.4 is 4.90 Å². The van der Waals surface area contributed by atoms with E-state index in [4.69, 9.17) is 4.74 Å². The second-order valence-electron chi connectivity index (χ2n) is 12.4. The largest absolute Gasteiger partial charge is 0.446 e. The molecule has 47 heavy (non-hydrogen) atoms. The summed E-state index contributed by atoms with van der Waals surface area (Å²) < 4.78 is 144. The molecular formula is C31H32F8N2O5S. The van der Waals surface area contributed by atoms with Gasteiger partial charge in [-0.15, -0.1) is 0 Å². The van der Waals surface area contributed by atoms with Gasteiger partial charge >= 0.3 is 24.1 Å². The number of halogens is 8. The van der Waals surface area contributed by atoms with Crippen molar-refractivity contribution in [2.75, 3.05) is 18.0 Å². The van der Waals surface area contributed by atoms with Crippen LogP contribution in [0.15, 0.2) is 47.4 Å². The lowest BCUT2D eigenvalue weighted by Crippen LogP contribution is -2.60. The first-order valence-electron chi connectivity index (χ1n) is 15.0. The van der Waals surface area contributed by atoms with E-state index in [2.05, 4.69) is 0 Å². The molecule has 1 saturated heterocycles. The van der Waals surface area contributed by atoms with E-state index < -0.39 is 96.7 Å². The van der Waals surface area contributed by atoms with Gasteiger partial charge in [-0.05, 0) is 69.0 Å². The monoisotopic (exact) mass is 696 g/mol. The quantitative estimate of drug-likeness (QED) is 0.242. The van der Waals surface area contributed by atoms with Crippen molar-refractivity contribution in [3.63, 3.8) is 0 Å². The summed E-state index contributed by atoms with van der Waals surface area (Å²) in [4.78, 5) is 28.9. The predicted octanol–water partition coefficient (Wildman–Crippen LogP) is 7.33. The Hall–Kier alpha value is -3.43. The van der Waals surface area contributed by atoms with Crippen molar-refractivity contribution >= 4 is 27.5 Å². The molecule has 5 rings (SSSR count). The Bertz CT molecular complexity index is 1620. The van der Waals surface area contributed by atoms with Crippen LogP contribution in [0.5, 0.6) is 0 Å². The molecule has 7 nitrogen and oxygen atoms in total. The standard InChI is InChI=1S/C31H32F8N2O5S/c1-18(2)46-27(43)41-17-25-28(47(44,45)22-11-9-21(32)10-12-22,14-15-40(25)26(42)19-6-4-3-5-7-19)23-13-8-20(16-24(23)41)29(33,30(34,35)36)31(37,38)39/h8-13,16,18-19,25H,3-7,14-15,17H2,1-2H3. The molecular weight excluding hydrogens is 664 g/mol. The highest BCUT2D eigenvalue weighted by atomic mass is 32.2. The van der Waals surface area contributed by atoms with Crippen LogP contribution in [-0.2, 0) is 29.8 Å². The van der Waals surface area contributed by atoms with E-state index in [1.54, 1.807) is 0 Å². The fourth-order valence-electron chi connectivity index (χ4n) is 7.08. The van der Waals surface area contributed by atoms with E-state index in [0.29, 0.717) is 23.8 Å². The van der Waals surface area contributed by atoms with Gasteiger partial charge in [-0.1, -0.05) is 31.4 Å². The van der Waals surface area contributed by atoms with Crippen LogP contribution in [0.1, 0.15) is 63.5 Å². The molecule has 2 aromatic carbocycles. The molecule has 2 unspecified atom stereocenters. The summed E-state index contributed by atoms with van der Waals surface area (Å²) in [7, 11) is -4.74. The summed E-state index contributed by atoms with van der Waals surface area (Å²) in [5.74, 6) is -1.66. The van der Waals surface area contributed by atoms with Crippen molar-refractivity contribution in [1.82, 2.24) is 4.90 Å². The third-order valence-corrected chi connectivity index (χ3v) is 11.9. The molecule has 2 aromatic rings. The van der Waals surface area contributed by atoms with E-state index in [1.807, 2.05) is 0 Å². The first-order chi connectivity index (χ1) is 21.8. The zero-order chi connectivity index (χ0) is 34.7. The molecule has 0 radical (unpaired) electrons. The highest BCUT2D eigenvalue weighted by Gasteiger charge is 2.74. The van der Waals surface area contributed by atoms with Crippen LogP contribution in [0.2, 0.25) is 0 Å². The Morgan fingerprint density at radius 1 is 0.915 bits per heavy atom. The van der Waals surface area contributed by atoms with Crippen molar-refractivity contribution in [3.8, 4) is 0 Å². The Morgan fingerprint density at radius 3 is 2.06 bits per heavy atom. The van der Waals surface area contributed by atoms with Gasteiger partial charge in [0, 0.05) is 18.0 Å². The molecule has 258 valence electrons. The third-order valence-electron chi connectivity index (χ3n) is 9.32. The molecule has 0 N–H and O–H groups in total. The topological polar surface area (TPSA) is 84.0 Å². The van der Waals surface area contributed by atoms with Crippen molar-refractivity contribution in [2.45, 2.75) is 92.2 Å². The van der Waals surface area contributed by atoms with Gasteiger partial charge in [0.25, 0.3) is 0 Å². The Kier molecular flexibility index (Phi) is 8.85. The summed E-state index contributed by atoms with van der Waals surface area (Å²) in [6, 6.07) is 3.25. The number of anilines is 1. The van der Waals surface area contributed by atoms with E-state index in [9.17, 15) is 48.7 Å². The summed E-state index contributed by atoms with van der Waals surface area (Å²) in [6.07, 6.45) is -12.0. The molecule has 2 heterocycles. The molecule has 0 aromatic heterocycles. The zero-order valence-corrected chi connectivity index (χ0v) is 26.1. The van der Waals surface area contributed by atoms with E-state index in [0.717, 1.165) is 43.5 Å². The number of amides is 2. The summed E-state index contributed by atoms with van der Waals surface area (Å²) >= 11 is 0. The number of ether oxygens (including phenoxy) is 1. The molecule has 1 saturated carbocycles. The fourth-order valence-corrected chi connectivity index (χ4v) is 9.37. The highest BCUT2D eigenvalue weighted by molar-refractivity contribution is 7.92. The lowest BCUT2D eigenvalue weighted by molar-refractivity contribution is -0.348. The number of fused-ring (bicyclic) bond motifs is 3. The molecule has 2 fully saturated rings. The molecule has 2 aliphatic heterocycles. The number of nitrogens with zero attached hydrogens (tertiary/aromatic N) is 2. The van der Waals surface area contributed by atoms with Gasteiger partial charge in [0.15, 0.2) is 9.84 Å². The lowest BCUT2D eigenvalue weighted by Gasteiger charge is -2.47. The average molecular weight is 697 g/mol. The number of sulfone groups is 1. The minimum atomic E-state index is -6.49. The number of hydrogen-bond acceptors (Lipinski definition) is 5. The van der Waals surface area contributed by atoms with Crippen LogP contribution in [0.25, 0.3) is 0 Å². The maximum atomic E-state index is 15.3. The maximum absolute atomic E-state index is 15.3. The summed E-state index contributed by atoms with van der Waals surface area (Å²) in [5, 5.41) is 0. The van der Waals surface area contributed by atoms with Gasteiger partial charge in [0.1, 0.15) is 10.6 Å². The Labute approximate surface area is 265 Å². The summed E-state index contributed by atoms with van der Waals surface area (Å²) in [5.41, 5.74) is -8.99. The van der Waals surface area contributed by atoms with Gasteiger partial charge in [-0.25, -0.2) is 22.0 Å². The van der Waals surface area contributed by atoms with E-state index in [-0.39, 0.29) is 25.1 Å². The van der Waals surface area contributed by atoms with Crippen LogP contribution in [0.4, 0.5) is 45.6 Å². The first kappa shape index (κ1) is 34.9. The number of carbonyl (C=O) groups excluding carboxylic acids is 2. The Morgan fingerprint density at radius 2 is 1.51 bits per heavy atom. The van der Waals surface area contributed by atoms with Gasteiger partial charge in [-0.3, -0.25) is 9.69 Å². The van der Waals surface area contributed by atoms with Crippen molar-refractivity contribution < 1.29 is 57.9 Å². The number of carbonyl (C=O) groups is 2. The number of alkyl halides is 7. The third kappa shape index (κ3) is 5.53. The highest BCUT2D eigenvalue weighted by Crippen LogP contribution is 2.58. The van der Waals surface area contributed by atoms with Crippen LogP contribution in [0.3, 0.4) is 0 Å². The van der Waals surface area contributed by atoms with E-state index in [1.165, 1.54) is 18.7 Å². The minimum Gasteiger partial charge on any atom is -0.446 e. The smallest absolute Gasteiger partial charge is 0.435 e. The average Bonchev–Trinajstić information content (AvgIpc) is 3.40. The van der Waals surface area contributed by atoms with Gasteiger partial charge in [0.05, 0.1) is 29.3 Å². The maximum Gasteiger partial charge on any atom is 0.435 e. The number of benzene rings is 2. The molecule has 0 spiro atoms. The lowest BCUT2D eigenvalue weighted by atomic mass is 9.82. The molecule has 3 aliphatic rings. The van der Waals surface area contributed by atoms with E-state index >= 15 is 4.39 Å². The normalized spacial score (nSPS) is 22.7. The number of hydrogen-bond donors (Lipinski definition) is 0. The minimum absolute atomic E-state index is 0.168. The van der Waals surface area contributed by atoms with Crippen LogP contribution >= 0.6 is 0 Å². The van der Waals surface area contributed by atoms with Gasteiger partial charge in [-0.2, -0.15) is 26.3 Å². The second kappa shape index (κ2) is 11.9. The molecule has 1 aliphatic carbocycles. The zero-order valence-electron chi connectivity index (χ0n) is 25.3. The van der Waals surface area contributed by atoms with Crippen molar-refractivity contribution in [2.24, 2.45) is 5.92 Å². The molecule has 16 heteroatoms. The van der Waals surface area contributed by atoms with Gasteiger partial charge < -0.3 is 9.64 Å². The SMILES string of the molecule is CC(C)OC(=O)N1CC2N(C(=O)C3CCCCC3)CCC2(S(=O)(=O)c2ccc(F)cc2)c2ccc(C(F)(C(F)(F)F)C(F)(F)F)cc21. The fraction of sp³-hybridized carbons (Fsp3) is 0.548. The molecule has 2 atom stereocenters. The summed E-state index contributed by atoms with van der Waals surface area (Å²) in [6.45, 7) is 1.96. The van der Waals surface area contributed by atoms with Gasteiger partial charge in [0.2, 0.25) is 5.91 Å². The number of likely N-dealkylation sites (tertiary alicyclic amines) is 1. The molecule has 2 amide bonds. The van der Waals surface area contributed by atoms with Crippen molar-refractivity contribution in [1.29, 1.82) is 0 Å². The van der Waals surface area contributed by atoms with Crippen molar-refractivity contribution in [3.05, 3.63) is 59.4 Å². The second-order valence-corrected chi connectivity index (χ2v) is 14.6. The Balaban J connectivity index is 1.79. The number of rotatable bonds is 5. The van der Waals surface area contributed by atoms with Crippen LogP contribution in [0, 0.1) is 11.7 Å². The predicted molar refractivity (Wildman–Crippen MR) is 152 cm³/mol. The molecule has 0 bridgehead atoms. The first-order valence-corrected chi connectivity index (χ1v) is 16.5.